The Bertz CT molecular complexity index is 1270. The van der Waals surface area contributed by atoms with Crippen LogP contribution in [-0.2, 0) is 35.2 Å². The standard InChI is InChI=1S/C44H77N3O10/c1-10-11-12-13-14-15-16-17-18-19-23-26-36(32(5)39(50)31(4)27-48)56-42(53)35(29-55-28-34-24-21-20-22-25-34)45-41(52)38(33(6)49)46-40(51)37(30(2)3)47-43(54)57-44(7,8)9/h20-22,24-25,30-33,35-39,48-50H,10-19,23,26-29H2,1-9H3,(H,45,52)(H,46,51)(H,47,54)/t31-,32-,33+,35-,36+,37-,38-,39-/m0/s1. The minimum Gasteiger partial charge on any atom is -0.460 e. The van der Waals surface area contributed by atoms with Crippen molar-refractivity contribution in [2.24, 2.45) is 17.8 Å². The summed E-state index contributed by atoms with van der Waals surface area (Å²) in [5, 5.41) is 39.2. The number of rotatable bonds is 29. The summed E-state index contributed by atoms with van der Waals surface area (Å²) in [6.07, 6.45) is 9.21. The summed E-state index contributed by atoms with van der Waals surface area (Å²) in [4.78, 5) is 53.7. The molecule has 0 saturated carbocycles. The molecule has 0 spiro atoms. The van der Waals surface area contributed by atoms with E-state index in [0.29, 0.717) is 6.42 Å². The lowest BCUT2D eigenvalue weighted by atomic mass is 9.87. The average molecular weight is 808 g/mol. The molecule has 3 amide bonds. The van der Waals surface area contributed by atoms with Crippen LogP contribution in [0.25, 0.3) is 0 Å². The number of hydrogen-bond acceptors (Lipinski definition) is 10. The first-order valence-corrected chi connectivity index (χ1v) is 21.3. The molecule has 6 N–H and O–H groups in total. The second-order valence-electron chi connectivity index (χ2n) is 17.0. The van der Waals surface area contributed by atoms with Crippen LogP contribution >= 0.6 is 0 Å². The van der Waals surface area contributed by atoms with E-state index in [1.807, 2.05) is 30.3 Å². The number of aliphatic hydroxyl groups excluding tert-OH is 3. The molecule has 0 saturated heterocycles. The number of aliphatic hydroxyl groups is 3. The van der Waals surface area contributed by atoms with E-state index in [0.717, 1.165) is 31.2 Å². The Kier molecular flexibility index (Phi) is 25.6. The minimum atomic E-state index is -1.51. The molecule has 1 aromatic rings. The molecule has 0 unspecified atom stereocenters. The maximum Gasteiger partial charge on any atom is 0.408 e. The summed E-state index contributed by atoms with van der Waals surface area (Å²) in [6, 6.07) is 5.32. The summed E-state index contributed by atoms with van der Waals surface area (Å²) in [6.45, 7) is 15.1. The molecule has 0 aliphatic carbocycles. The van der Waals surface area contributed by atoms with Gasteiger partial charge >= 0.3 is 12.1 Å². The van der Waals surface area contributed by atoms with Gasteiger partial charge in [0.2, 0.25) is 11.8 Å². The van der Waals surface area contributed by atoms with Gasteiger partial charge in [-0.05, 0) is 52.0 Å². The van der Waals surface area contributed by atoms with Crippen molar-refractivity contribution in [3.8, 4) is 0 Å². The van der Waals surface area contributed by atoms with E-state index in [-0.39, 0.29) is 19.8 Å². The fraction of sp³-hybridized carbons (Fsp3) is 0.773. The summed E-state index contributed by atoms with van der Waals surface area (Å²) in [5.74, 6) is -3.81. The fourth-order valence-electron chi connectivity index (χ4n) is 6.43. The molecular weight excluding hydrogens is 730 g/mol. The van der Waals surface area contributed by atoms with Gasteiger partial charge in [0.1, 0.15) is 23.8 Å². The van der Waals surface area contributed by atoms with Crippen LogP contribution < -0.4 is 16.0 Å². The Morgan fingerprint density at radius 3 is 1.79 bits per heavy atom. The first-order valence-electron chi connectivity index (χ1n) is 21.3. The third kappa shape index (κ3) is 21.9. The van der Waals surface area contributed by atoms with Crippen molar-refractivity contribution in [2.45, 2.75) is 188 Å². The minimum absolute atomic E-state index is 0.134. The first kappa shape index (κ1) is 51.8. The lowest BCUT2D eigenvalue weighted by Crippen LogP contribution is -2.60. The summed E-state index contributed by atoms with van der Waals surface area (Å²) >= 11 is 0. The SMILES string of the molecule is CCCCCCCCCCCCC[C@@H](OC(=O)[C@H](COCc1ccccc1)NC(=O)[C@@H](NC(=O)[C@@H](NC(=O)OC(C)(C)C)C(C)C)[C@@H](C)O)[C@H](C)[C@@H](O)[C@@H](C)CO. The maximum atomic E-state index is 14.0. The molecular formula is C44H77N3O10. The number of unbranched alkanes of at least 4 members (excludes halogenated alkanes) is 10. The smallest absolute Gasteiger partial charge is 0.408 e. The molecule has 57 heavy (non-hydrogen) atoms. The molecule has 0 aromatic heterocycles. The van der Waals surface area contributed by atoms with Crippen molar-refractivity contribution < 1.29 is 48.7 Å². The second kappa shape index (κ2) is 28.2. The number of esters is 1. The third-order valence-electron chi connectivity index (χ3n) is 10.0. The lowest BCUT2D eigenvalue weighted by Gasteiger charge is -2.32. The molecule has 13 nitrogen and oxygen atoms in total. The highest BCUT2D eigenvalue weighted by atomic mass is 16.6. The Hall–Kier alpha value is -3.26. The van der Waals surface area contributed by atoms with Gasteiger partial charge in [0, 0.05) is 18.4 Å². The molecule has 0 fully saturated rings. The Morgan fingerprint density at radius 2 is 1.28 bits per heavy atom. The van der Waals surface area contributed by atoms with Gasteiger partial charge in [0.25, 0.3) is 0 Å². The number of ether oxygens (including phenoxy) is 3. The zero-order valence-corrected chi connectivity index (χ0v) is 36.4. The van der Waals surface area contributed by atoms with Gasteiger partial charge in [-0.3, -0.25) is 9.59 Å². The third-order valence-corrected chi connectivity index (χ3v) is 10.0. The van der Waals surface area contributed by atoms with Gasteiger partial charge in [-0.15, -0.1) is 0 Å². The molecule has 1 rings (SSSR count). The molecule has 0 aliphatic heterocycles. The zero-order chi connectivity index (χ0) is 43.0. The molecule has 0 heterocycles. The van der Waals surface area contributed by atoms with Gasteiger partial charge in [0.05, 0.1) is 25.4 Å². The van der Waals surface area contributed by atoms with E-state index in [4.69, 9.17) is 14.2 Å². The molecule has 0 radical (unpaired) electrons. The largest absolute Gasteiger partial charge is 0.460 e. The van der Waals surface area contributed by atoms with E-state index >= 15 is 0 Å². The number of carbonyl (C=O) groups excluding carboxylic acids is 4. The van der Waals surface area contributed by atoms with Crippen LogP contribution in [0.3, 0.4) is 0 Å². The number of alkyl carbamates (subject to hydrolysis) is 1. The molecule has 0 aliphatic rings. The van der Waals surface area contributed by atoms with Crippen molar-refractivity contribution in [1.82, 2.24) is 16.0 Å². The van der Waals surface area contributed by atoms with Crippen LogP contribution in [0.5, 0.6) is 0 Å². The van der Waals surface area contributed by atoms with E-state index < -0.39 is 83.7 Å². The summed E-state index contributed by atoms with van der Waals surface area (Å²) in [5.41, 5.74) is 0.0290. The number of nitrogens with one attached hydrogen (secondary N) is 3. The van der Waals surface area contributed by atoms with Crippen LogP contribution in [-0.4, -0.2) is 94.4 Å². The van der Waals surface area contributed by atoms with Crippen molar-refractivity contribution in [1.29, 1.82) is 0 Å². The van der Waals surface area contributed by atoms with Crippen molar-refractivity contribution in [3.63, 3.8) is 0 Å². The normalized spacial score (nSPS) is 16.0. The predicted molar refractivity (Wildman–Crippen MR) is 222 cm³/mol. The van der Waals surface area contributed by atoms with Crippen LogP contribution in [0, 0.1) is 17.8 Å². The number of benzene rings is 1. The van der Waals surface area contributed by atoms with Crippen LogP contribution in [0.4, 0.5) is 4.79 Å². The van der Waals surface area contributed by atoms with Crippen LogP contribution in [0.1, 0.15) is 145 Å². The zero-order valence-electron chi connectivity index (χ0n) is 36.4. The molecule has 0 bridgehead atoms. The Morgan fingerprint density at radius 1 is 0.737 bits per heavy atom. The Labute approximate surface area is 342 Å². The number of hydrogen-bond donors (Lipinski definition) is 6. The van der Waals surface area contributed by atoms with E-state index in [1.54, 1.807) is 48.5 Å². The van der Waals surface area contributed by atoms with Crippen molar-refractivity contribution in [2.75, 3.05) is 13.2 Å². The molecule has 8 atom stereocenters. The number of amides is 3. The highest BCUT2D eigenvalue weighted by Gasteiger charge is 2.36. The highest BCUT2D eigenvalue weighted by molar-refractivity contribution is 5.93. The average Bonchev–Trinajstić information content (AvgIpc) is 3.15. The first-order chi connectivity index (χ1) is 26.9. The predicted octanol–water partition coefficient (Wildman–Crippen LogP) is 6.34. The quantitative estimate of drug-likeness (QED) is 0.0393. The van der Waals surface area contributed by atoms with E-state index in [9.17, 15) is 34.5 Å². The van der Waals surface area contributed by atoms with E-state index in [1.165, 1.54) is 51.9 Å². The van der Waals surface area contributed by atoms with Gasteiger partial charge in [0.15, 0.2) is 6.04 Å². The molecule has 13 heteroatoms. The Balaban J connectivity index is 3.17. The topological polar surface area (TPSA) is 193 Å². The van der Waals surface area contributed by atoms with Gasteiger partial charge in [-0.2, -0.15) is 0 Å². The van der Waals surface area contributed by atoms with Crippen LogP contribution in [0.15, 0.2) is 30.3 Å². The number of carbonyl (C=O) groups is 4. The summed E-state index contributed by atoms with van der Waals surface area (Å²) < 4.78 is 17.3. The highest BCUT2D eigenvalue weighted by Crippen LogP contribution is 2.24. The van der Waals surface area contributed by atoms with Crippen molar-refractivity contribution in [3.05, 3.63) is 35.9 Å². The van der Waals surface area contributed by atoms with Gasteiger partial charge < -0.3 is 45.5 Å². The van der Waals surface area contributed by atoms with Gasteiger partial charge in [-0.25, -0.2) is 9.59 Å². The summed E-state index contributed by atoms with van der Waals surface area (Å²) in [7, 11) is 0. The van der Waals surface area contributed by atoms with Gasteiger partial charge in [-0.1, -0.05) is 129 Å². The van der Waals surface area contributed by atoms with E-state index in [2.05, 4.69) is 22.9 Å². The molecule has 1 aromatic carbocycles. The maximum absolute atomic E-state index is 14.0. The fourth-order valence-corrected chi connectivity index (χ4v) is 6.43. The lowest BCUT2D eigenvalue weighted by molar-refractivity contribution is -0.161. The monoisotopic (exact) mass is 808 g/mol. The second-order valence-corrected chi connectivity index (χ2v) is 17.0. The molecule has 328 valence electrons. The van der Waals surface area contributed by atoms with Crippen LogP contribution in [0.2, 0.25) is 0 Å². The van der Waals surface area contributed by atoms with Crippen molar-refractivity contribution >= 4 is 23.9 Å².